The Kier molecular flexibility index (Phi) is 5.28. The summed E-state index contributed by atoms with van der Waals surface area (Å²) in [4.78, 5) is 15.3. The number of nitrogens with zero attached hydrogens (tertiary/aromatic N) is 1. The summed E-state index contributed by atoms with van der Waals surface area (Å²) in [5.74, 6) is 0.381. The second-order valence-corrected chi connectivity index (χ2v) is 3.09. The summed E-state index contributed by atoms with van der Waals surface area (Å²) >= 11 is 0. The Bertz CT molecular complexity index is 342. The summed E-state index contributed by atoms with van der Waals surface area (Å²) in [5.41, 5.74) is 0.842. The molecule has 0 unspecified atom stereocenters. The Morgan fingerprint density at radius 3 is 3.06 bits per heavy atom. The smallest absolute Gasteiger partial charge is 0.246 e. The summed E-state index contributed by atoms with van der Waals surface area (Å²) in [7, 11) is 1.55. The fraction of sp³-hybridized carbons (Fsp3) is 0.455. The predicted octanol–water partition coefficient (Wildman–Crippen LogP) is 0.743. The molecule has 0 aliphatic carbocycles. The second-order valence-electron chi connectivity index (χ2n) is 3.09. The van der Waals surface area contributed by atoms with Crippen molar-refractivity contribution in [2.24, 2.45) is 0 Å². The topological polar surface area (TPSA) is 60.5 Å². The van der Waals surface area contributed by atoms with Gasteiger partial charge < -0.3 is 14.8 Å². The largest absolute Gasteiger partial charge is 0.481 e. The van der Waals surface area contributed by atoms with Crippen molar-refractivity contribution in [1.29, 1.82) is 0 Å². The van der Waals surface area contributed by atoms with Crippen LogP contribution in [0.2, 0.25) is 0 Å². The first-order valence-electron chi connectivity index (χ1n) is 5.10. The Labute approximate surface area is 94.8 Å². The van der Waals surface area contributed by atoms with Gasteiger partial charge in [0.1, 0.15) is 6.61 Å². The van der Waals surface area contributed by atoms with Gasteiger partial charge in [-0.3, -0.25) is 4.79 Å². The van der Waals surface area contributed by atoms with Crippen LogP contribution < -0.4 is 10.1 Å². The van der Waals surface area contributed by atoms with Crippen molar-refractivity contribution in [3.63, 3.8) is 0 Å². The lowest BCUT2D eigenvalue weighted by Crippen LogP contribution is -2.27. The van der Waals surface area contributed by atoms with Gasteiger partial charge in [-0.1, -0.05) is 6.07 Å². The number of pyridine rings is 1. The molecule has 1 heterocycles. The lowest BCUT2D eigenvalue weighted by atomic mass is 10.2. The monoisotopic (exact) mass is 224 g/mol. The van der Waals surface area contributed by atoms with Gasteiger partial charge in [0.25, 0.3) is 0 Å². The number of methoxy groups -OCH3 is 1. The van der Waals surface area contributed by atoms with Crippen LogP contribution in [-0.2, 0) is 16.1 Å². The summed E-state index contributed by atoms with van der Waals surface area (Å²) < 4.78 is 10.0. The van der Waals surface area contributed by atoms with Crippen LogP contribution in [-0.4, -0.2) is 31.2 Å². The van der Waals surface area contributed by atoms with Crippen molar-refractivity contribution in [3.8, 4) is 5.88 Å². The van der Waals surface area contributed by atoms with Crippen LogP contribution in [0.1, 0.15) is 12.5 Å². The van der Waals surface area contributed by atoms with E-state index in [-0.39, 0.29) is 12.5 Å². The second kappa shape index (κ2) is 6.79. The molecule has 0 radical (unpaired) electrons. The summed E-state index contributed by atoms with van der Waals surface area (Å²) in [6.07, 6.45) is 1.64. The maximum Gasteiger partial charge on any atom is 0.246 e. The van der Waals surface area contributed by atoms with Gasteiger partial charge in [-0.05, 0) is 13.0 Å². The van der Waals surface area contributed by atoms with E-state index in [1.807, 2.05) is 13.0 Å². The standard InChI is InChI=1S/C11H16N2O3/c1-3-16-8-10(14)13-7-9-5-4-6-12-11(9)15-2/h4-6H,3,7-8H2,1-2H3,(H,13,14). The minimum absolute atomic E-state index is 0.0824. The molecule has 0 bridgehead atoms. The van der Waals surface area contributed by atoms with Crippen molar-refractivity contribution >= 4 is 5.91 Å². The van der Waals surface area contributed by atoms with E-state index in [9.17, 15) is 4.79 Å². The normalized spacial score (nSPS) is 9.88. The Hall–Kier alpha value is -1.62. The molecule has 0 aromatic carbocycles. The Balaban J connectivity index is 2.44. The molecule has 1 rings (SSSR count). The van der Waals surface area contributed by atoms with E-state index >= 15 is 0 Å². The van der Waals surface area contributed by atoms with Gasteiger partial charge in [0.15, 0.2) is 0 Å². The zero-order valence-corrected chi connectivity index (χ0v) is 9.53. The van der Waals surface area contributed by atoms with E-state index in [4.69, 9.17) is 9.47 Å². The third-order valence-corrected chi connectivity index (χ3v) is 1.96. The van der Waals surface area contributed by atoms with Crippen molar-refractivity contribution in [3.05, 3.63) is 23.9 Å². The summed E-state index contributed by atoms with van der Waals surface area (Å²) in [6.45, 7) is 2.85. The van der Waals surface area contributed by atoms with E-state index in [1.54, 1.807) is 19.4 Å². The quantitative estimate of drug-likeness (QED) is 0.774. The number of carbonyl (C=O) groups excluding carboxylic acids is 1. The highest BCUT2D eigenvalue weighted by Gasteiger charge is 2.05. The molecule has 5 nitrogen and oxygen atoms in total. The van der Waals surface area contributed by atoms with Crippen molar-refractivity contribution in [1.82, 2.24) is 10.3 Å². The molecule has 16 heavy (non-hydrogen) atoms. The maximum absolute atomic E-state index is 11.3. The van der Waals surface area contributed by atoms with E-state index in [0.29, 0.717) is 19.0 Å². The van der Waals surface area contributed by atoms with E-state index in [0.717, 1.165) is 5.56 Å². The van der Waals surface area contributed by atoms with Crippen LogP contribution in [0.25, 0.3) is 0 Å². The predicted molar refractivity (Wildman–Crippen MR) is 59.1 cm³/mol. The fourth-order valence-corrected chi connectivity index (χ4v) is 1.18. The zero-order valence-electron chi connectivity index (χ0n) is 9.53. The Morgan fingerprint density at radius 1 is 1.56 bits per heavy atom. The molecule has 0 spiro atoms. The van der Waals surface area contributed by atoms with Crippen molar-refractivity contribution in [2.45, 2.75) is 13.5 Å². The highest BCUT2D eigenvalue weighted by atomic mass is 16.5. The third kappa shape index (κ3) is 3.86. The molecule has 0 aliphatic rings. The van der Waals surface area contributed by atoms with Crippen LogP contribution in [0.4, 0.5) is 0 Å². The van der Waals surface area contributed by atoms with Gasteiger partial charge >= 0.3 is 0 Å². The molecule has 1 N–H and O–H groups in total. The minimum Gasteiger partial charge on any atom is -0.481 e. The average molecular weight is 224 g/mol. The van der Waals surface area contributed by atoms with Crippen LogP contribution in [0.15, 0.2) is 18.3 Å². The Morgan fingerprint density at radius 2 is 2.38 bits per heavy atom. The molecule has 0 saturated heterocycles. The molecular weight excluding hydrogens is 208 g/mol. The fourth-order valence-electron chi connectivity index (χ4n) is 1.18. The third-order valence-electron chi connectivity index (χ3n) is 1.96. The molecule has 1 aromatic heterocycles. The first-order valence-corrected chi connectivity index (χ1v) is 5.10. The molecule has 0 saturated carbocycles. The molecule has 88 valence electrons. The van der Waals surface area contributed by atoms with Crippen molar-refractivity contribution < 1.29 is 14.3 Å². The van der Waals surface area contributed by atoms with Gasteiger partial charge in [0.2, 0.25) is 11.8 Å². The van der Waals surface area contributed by atoms with E-state index in [2.05, 4.69) is 10.3 Å². The first kappa shape index (κ1) is 12.4. The number of hydrogen-bond acceptors (Lipinski definition) is 4. The lowest BCUT2D eigenvalue weighted by molar-refractivity contribution is -0.125. The van der Waals surface area contributed by atoms with Gasteiger partial charge in [0.05, 0.1) is 7.11 Å². The number of rotatable bonds is 6. The molecule has 0 atom stereocenters. The number of hydrogen-bond donors (Lipinski definition) is 1. The number of aromatic nitrogens is 1. The van der Waals surface area contributed by atoms with Gasteiger partial charge in [-0.15, -0.1) is 0 Å². The highest BCUT2D eigenvalue weighted by molar-refractivity contribution is 5.77. The van der Waals surface area contributed by atoms with Crippen LogP contribution >= 0.6 is 0 Å². The highest BCUT2D eigenvalue weighted by Crippen LogP contribution is 2.12. The summed E-state index contributed by atoms with van der Waals surface area (Å²) in [6, 6.07) is 3.65. The van der Waals surface area contributed by atoms with Gasteiger partial charge in [0, 0.05) is 24.9 Å². The summed E-state index contributed by atoms with van der Waals surface area (Å²) in [5, 5.41) is 2.72. The molecule has 0 aliphatic heterocycles. The SMILES string of the molecule is CCOCC(=O)NCc1cccnc1OC. The number of ether oxygens (including phenoxy) is 2. The maximum atomic E-state index is 11.3. The lowest BCUT2D eigenvalue weighted by Gasteiger charge is -2.08. The average Bonchev–Trinajstić information content (AvgIpc) is 2.34. The van der Waals surface area contributed by atoms with E-state index < -0.39 is 0 Å². The van der Waals surface area contributed by atoms with Crippen LogP contribution in [0.5, 0.6) is 5.88 Å². The van der Waals surface area contributed by atoms with Crippen LogP contribution in [0.3, 0.4) is 0 Å². The molecule has 1 aromatic rings. The molecule has 1 amide bonds. The molecule has 5 heteroatoms. The minimum atomic E-state index is -0.146. The van der Waals surface area contributed by atoms with Crippen LogP contribution in [0, 0.1) is 0 Å². The van der Waals surface area contributed by atoms with E-state index in [1.165, 1.54) is 0 Å². The number of carbonyl (C=O) groups is 1. The zero-order chi connectivity index (χ0) is 11.8. The van der Waals surface area contributed by atoms with Gasteiger partial charge in [-0.25, -0.2) is 4.98 Å². The first-order chi connectivity index (χ1) is 7.77. The number of amides is 1. The molecular formula is C11H16N2O3. The van der Waals surface area contributed by atoms with Crippen molar-refractivity contribution in [2.75, 3.05) is 20.3 Å². The van der Waals surface area contributed by atoms with Gasteiger partial charge in [-0.2, -0.15) is 0 Å². The number of nitrogens with one attached hydrogen (secondary N) is 1. The molecule has 0 fully saturated rings.